The van der Waals surface area contributed by atoms with Gasteiger partial charge in [-0.25, -0.2) is 0 Å². The molecule has 0 spiro atoms. The van der Waals surface area contributed by atoms with E-state index in [0.717, 1.165) is 45.7 Å². The van der Waals surface area contributed by atoms with Crippen molar-refractivity contribution in [3.05, 3.63) is 41.7 Å². The van der Waals surface area contributed by atoms with Crippen LogP contribution in [0.5, 0.6) is 5.75 Å². The summed E-state index contributed by atoms with van der Waals surface area (Å²) in [6.45, 7) is 2.14. The first-order valence-electron chi connectivity index (χ1n) is 8.02. The van der Waals surface area contributed by atoms with E-state index in [0.29, 0.717) is 0 Å². The van der Waals surface area contributed by atoms with Crippen molar-refractivity contribution in [3.63, 3.8) is 0 Å². The van der Waals surface area contributed by atoms with Crippen LogP contribution < -0.4 is 10.1 Å². The third-order valence-corrected chi connectivity index (χ3v) is 4.70. The molecule has 1 aromatic carbocycles. The summed E-state index contributed by atoms with van der Waals surface area (Å²) in [5.74, 6) is 0.827. The maximum absolute atomic E-state index is 5.39. The van der Waals surface area contributed by atoms with E-state index in [1.165, 1.54) is 11.1 Å². The summed E-state index contributed by atoms with van der Waals surface area (Å²) in [5.41, 5.74) is 7.78. The summed E-state index contributed by atoms with van der Waals surface area (Å²) in [6.07, 6.45) is 5.08. The van der Waals surface area contributed by atoms with Crippen LogP contribution in [-0.2, 0) is 13.5 Å². The normalized spacial score (nSPS) is 13.1. The molecule has 1 aliphatic carbocycles. The standard InChI is InChI=1S/C19H20N4O/c1-11-5-7-16-17(11)18(20-2)14(10-21-16)19-13-9-12(24-4)6-8-15(13)22-23(19)3/h5-6,8-10H,7H2,1-4H3,(H,20,21). The number of pyridine rings is 1. The fourth-order valence-corrected chi connectivity index (χ4v) is 3.55. The molecule has 0 amide bonds. The van der Waals surface area contributed by atoms with Crippen LogP contribution in [-0.4, -0.2) is 28.9 Å². The van der Waals surface area contributed by atoms with Gasteiger partial charge < -0.3 is 10.1 Å². The average molecular weight is 320 g/mol. The van der Waals surface area contributed by atoms with Crippen LogP contribution in [0.2, 0.25) is 0 Å². The van der Waals surface area contributed by atoms with Gasteiger partial charge in [-0.3, -0.25) is 9.67 Å². The van der Waals surface area contributed by atoms with Gasteiger partial charge in [0.2, 0.25) is 0 Å². The molecule has 3 aromatic rings. The molecular weight excluding hydrogens is 300 g/mol. The van der Waals surface area contributed by atoms with Gasteiger partial charge >= 0.3 is 0 Å². The molecule has 0 fully saturated rings. The fraction of sp³-hybridized carbons (Fsp3) is 0.263. The van der Waals surface area contributed by atoms with Crippen molar-refractivity contribution >= 4 is 22.2 Å². The molecule has 0 saturated carbocycles. The van der Waals surface area contributed by atoms with Gasteiger partial charge in [-0.15, -0.1) is 0 Å². The van der Waals surface area contributed by atoms with Crippen molar-refractivity contribution in [2.75, 3.05) is 19.5 Å². The minimum Gasteiger partial charge on any atom is -0.497 e. The number of methoxy groups -OCH3 is 1. The van der Waals surface area contributed by atoms with Crippen molar-refractivity contribution in [2.24, 2.45) is 7.05 Å². The number of anilines is 1. The Hall–Kier alpha value is -2.82. The second-order valence-electron chi connectivity index (χ2n) is 6.07. The van der Waals surface area contributed by atoms with Crippen LogP contribution in [0.25, 0.3) is 27.7 Å². The van der Waals surface area contributed by atoms with Crippen molar-refractivity contribution in [2.45, 2.75) is 13.3 Å². The monoisotopic (exact) mass is 320 g/mol. The number of nitrogens with one attached hydrogen (secondary N) is 1. The quantitative estimate of drug-likeness (QED) is 0.800. The lowest BCUT2D eigenvalue weighted by molar-refractivity contribution is 0.415. The van der Waals surface area contributed by atoms with E-state index in [2.05, 4.69) is 23.4 Å². The van der Waals surface area contributed by atoms with Crippen LogP contribution in [0.1, 0.15) is 18.2 Å². The van der Waals surface area contributed by atoms with Gasteiger partial charge in [-0.1, -0.05) is 6.08 Å². The molecule has 5 heteroatoms. The number of benzene rings is 1. The van der Waals surface area contributed by atoms with Crippen molar-refractivity contribution in [1.82, 2.24) is 14.8 Å². The predicted molar refractivity (Wildman–Crippen MR) is 97.4 cm³/mol. The minimum absolute atomic E-state index is 0.827. The zero-order chi connectivity index (χ0) is 16.8. The van der Waals surface area contributed by atoms with Gasteiger partial charge in [-0.05, 0) is 30.7 Å². The maximum Gasteiger partial charge on any atom is 0.119 e. The lowest BCUT2D eigenvalue weighted by Gasteiger charge is -2.15. The van der Waals surface area contributed by atoms with Gasteiger partial charge in [0.1, 0.15) is 5.75 Å². The molecule has 2 aromatic heterocycles. The van der Waals surface area contributed by atoms with E-state index >= 15 is 0 Å². The summed E-state index contributed by atoms with van der Waals surface area (Å²) in [6, 6.07) is 5.96. The van der Waals surface area contributed by atoms with Crippen LogP contribution in [0, 0.1) is 0 Å². The highest BCUT2D eigenvalue weighted by atomic mass is 16.5. The topological polar surface area (TPSA) is 52.0 Å². The van der Waals surface area contributed by atoms with Crippen LogP contribution in [0.4, 0.5) is 5.69 Å². The molecule has 0 radical (unpaired) electrons. The van der Waals surface area contributed by atoms with E-state index in [1.54, 1.807) is 7.11 Å². The van der Waals surface area contributed by atoms with E-state index in [-0.39, 0.29) is 0 Å². The maximum atomic E-state index is 5.39. The number of hydrogen-bond donors (Lipinski definition) is 1. The van der Waals surface area contributed by atoms with Crippen LogP contribution in [0.15, 0.2) is 30.5 Å². The molecule has 5 nitrogen and oxygen atoms in total. The summed E-state index contributed by atoms with van der Waals surface area (Å²) >= 11 is 0. The summed E-state index contributed by atoms with van der Waals surface area (Å²) in [5, 5.41) is 9.09. The summed E-state index contributed by atoms with van der Waals surface area (Å²) in [7, 11) is 5.61. The van der Waals surface area contributed by atoms with Crippen molar-refractivity contribution in [3.8, 4) is 17.0 Å². The Kier molecular flexibility index (Phi) is 3.30. The van der Waals surface area contributed by atoms with Crippen molar-refractivity contribution < 1.29 is 4.74 Å². The Morgan fingerprint density at radius 1 is 1.29 bits per heavy atom. The molecule has 122 valence electrons. The highest BCUT2D eigenvalue weighted by Gasteiger charge is 2.22. The molecule has 1 aliphatic rings. The molecular formula is C19H20N4O. The Labute approximate surface area is 141 Å². The molecule has 1 N–H and O–H groups in total. The van der Waals surface area contributed by atoms with E-state index < -0.39 is 0 Å². The molecule has 0 unspecified atom stereocenters. The number of nitrogens with zero attached hydrogens (tertiary/aromatic N) is 3. The zero-order valence-corrected chi connectivity index (χ0v) is 14.3. The number of rotatable bonds is 3. The smallest absolute Gasteiger partial charge is 0.119 e. The first-order valence-corrected chi connectivity index (χ1v) is 8.02. The zero-order valence-electron chi connectivity index (χ0n) is 14.3. The minimum atomic E-state index is 0.827. The van der Waals surface area contributed by atoms with Gasteiger partial charge in [-0.2, -0.15) is 5.10 Å². The third-order valence-electron chi connectivity index (χ3n) is 4.70. The van der Waals surface area contributed by atoms with E-state index in [1.807, 2.05) is 43.2 Å². The number of hydrogen-bond acceptors (Lipinski definition) is 4. The van der Waals surface area contributed by atoms with Crippen LogP contribution >= 0.6 is 0 Å². The number of fused-ring (bicyclic) bond motifs is 2. The fourth-order valence-electron chi connectivity index (χ4n) is 3.55. The Balaban J connectivity index is 2.04. The molecule has 2 heterocycles. The molecule has 0 atom stereocenters. The number of aromatic nitrogens is 3. The van der Waals surface area contributed by atoms with Crippen LogP contribution in [0.3, 0.4) is 0 Å². The molecule has 4 rings (SSSR count). The SMILES string of the molecule is CNc1c(-c2c3cc(OC)ccc3nn2C)cnc2c1C(C)=CC2. The predicted octanol–water partition coefficient (Wildman–Crippen LogP) is 3.65. The second kappa shape index (κ2) is 5.37. The summed E-state index contributed by atoms with van der Waals surface area (Å²) in [4.78, 5) is 4.70. The molecule has 0 saturated heterocycles. The molecule has 0 bridgehead atoms. The Bertz CT molecular complexity index is 985. The first kappa shape index (κ1) is 14.8. The summed E-state index contributed by atoms with van der Waals surface area (Å²) < 4.78 is 7.31. The van der Waals surface area contributed by atoms with E-state index in [9.17, 15) is 0 Å². The first-order chi connectivity index (χ1) is 11.6. The largest absolute Gasteiger partial charge is 0.497 e. The number of ether oxygens (including phenoxy) is 1. The third kappa shape index (κ3) is 2.01. The average Bonchev–Trinajstić information content (AvgIpc) is 3.13. The number of allylic oxidation sites excluding steroid dienone is 2. The number of aryl methyl sites for hydroxylation is 1. The Morgan fingerprint density at radius 2 is 2.12 bits per heavy atom. The van der Waals surface area contributed by atoms with Gasteiger partial charge in [0, 0.05) is 43.2 Å². The Morgan fingerprint density at radius 3 is 2.88 bits per heavy atom. The highest BCUT2D eigenvalue weighted by molar-refractivity contribution is 5.99. The highest BCUT2D eigenvalue weighted by Crippen LogP contribution is 2.41. The van der Waals surface area contributed by atoms with E-state index in [4.69, 9.17) is 9.72 Å². The molecule has 0 aliphatic heterocycles. The van der Waals surface area contributed by atoms with Crippen molar-refractivity contribution in [1.29, 1.82) is 0 Å². The van der Waals surface area contributed by atoms with Gasteiger partial charge in [0.05, 0.1) is 29.7 Å². The van der Waals surface area contributed by atoms with Gasteiger partial charge in [0.25, 0.3) is 0 Å². The lowest BCUT2D eigenvalue weighted by Crippen LogP contribution is -2.03. The van der Waals surface area contributed by atoms with Gasteiger partial charge in [0.15, 0.2) is 0 Å². The lowest BCUT2D eigenvalue weighted by atomic mass is 10.0. The molecule has 24 heavy (non-hydrogen) atoms. The second-order valence-corrected chi connectivity index (χ2v) is 6.07.